The van der Waals surface area contributed by atoms with Gasteiger partial charge in [-0.2, -0.15) is 0 Å². The van der Waals surface area contributed by atoms with Gasteiger partial charge >= 0.3 is 0 Å². The van der Waals surface area contributed by atoms with Crippen molar-refractivity contribution >= 4 is 0 Å². The lowest BCUT2D eigenvalue weighted by Gasteiger charge is -2.28. The summed E-state index contributed by atoms with van der Waals surface area (Å²) in [6, 6.07) is 13.5. The number of aromatic nitrogens is 1. The molecule has 1 saturated carbocycles. The van der Waals surface area contributed by atoms with E-state index in [-0.39, 0.29) is 0 Å². The molecule has 0 radical (unpaired) electrons. The second-order valence-electron chi connectivity index (χ2n) is 7.78. The summed E-state index contributed by atoms with van der Waals surface area (Å²) in [6.45, 7) is 4.27. The summed E-state index contributed by atoms with van der Waals surface area (Å²) in [7, 11) is 0. The van der Waals surface area contributed by atoms with Gasteiger partial charge in [0.1, 0.15) is 0 Å². The van der Waals surface area contributed by atoms with Crippen LogP contribution >= 0.6 is 0 Å². The molecule has 0 bridgehead atoms. The van der Waals surface area contributed by atoms with Crippen molar-refractivity contribution in [2.45, 2.75) is 65.2 Å². The smallest absolute Gasteiger partial charge is 0.0403 e. The Hall–Kier alpha value is -1.63. The number of nitrogens with zero attached hydrogens (tertiary/aromatic N) is 1. The van der Waals surface area contributed by atoms with Gasteiger partial charge in [-0.15, -0.1) is 0 Å². The SMILES string of the molecule is Cc1ccc(CCC2CCC(CCc3ccc(C)cn3)CC2)cc1. The summed E-state index contributed by atoms with van der Waals surface area (Å²) in [5.74, 6) is 1.86. The summed E-state index contributed by atoms with van der Waals surface area (Å²) in [4.78, 5) is 4.55. The van der Waals surface area contributed by atoms with Gasteiger partial charge in [-0.1, -0.05) is 61.6 Å². The van der Waals surface area contributed by atoms with Crippen LogP contribution in [0.15, 0.2) is 42.6 Å². The van der Waals surface area contributed by atoms with Crippen molar-refractivity contribution in [3.8, 4) is 0 Å². The maximum Gasteiger partial charge on any atom is 0.0403 e. The van der Waals surface area contributed by atoms with Gasteiger partial charge in [-0.05, 0) is 68.6 Å². The molecule has 1 aliphatic carbocycles. The molecule has 1 heterocycles. The van der Waals surface area contributed by atoms with Gasteiger partial charge in [-0.25, -0.2) is 0 Å². The fourth-order valence-electron chi connectivity index (χ4n) is 3.93. The van der Waals surface area contributed by atoms with Crippen molar-refractivity contribution in [1.82, 2.24) is 4.98 Å². The molecule has 1 aromatic carbocycles. The normalized spacial score (nSPS) is 20.9. The molecule has 0 saturated heterocycles. The molecule has 128 valence electrons. The number of benzene rings is 1. The van der Waals surface area contributed by atoms with E-state index in [1.165, 1.54) is 67.3 Å². The zero-order chi connectivity index (χ0) is 16.8. The molecule has 1 fully saturated rings. The third-order valence-electron chi connectivity index (χ3n) is 5.71. The quantitative estimate of drug-likeness (QED) is 0.629. The van der Waals surface area contributed by atoms with E-state index in [9.17, 15) is 0 Å². The van der Waals surface area contributed by atoms with Crippen LogP contribution in [-0.4, -0.2) is 4.98 Å². The van der Waals surface area contributed by atoms with Gasteiger partial charge < -0.3 is 0 Å². The Bertz CT molecular complexity index is 546. The van der Waals surface area contributed by atoms with Crippen LogP contribution in [-0.2, 0) is 12.8 Å². The van der Waals surface area contributed by atoms with E-state index in [0.717, 1.165) is 18.3 Å². The second-order valence-corrected chi connectivity index (χ2v) is 7.78. The van der Waals surface area contributed by atoms with Crippen molar-refractivity contribution in [3.05, 3.63) is 65.0 Å². The van der Waals surface area contributed by atoms with Crippen molar-refractivity contribution in [3.63, 3.8) is 0 Å². The molecule has 0 N–H and O–H groups in total. The molecule has 0 unspecified atom stereocenters. The average molecular weight is 322 g/mol. The highest BCUT2D eigenvalue weighted by Crippen LogP contribution is 2.33. The fraction of sp³-hybridized carbons (Fsp3) is 0.522. The lowest BCUT2D eigenvalue weighted by atomic mass is 9.78. The van der Waals surface area contributed by atoms with E-state index >= 15 is 0 Å². The first kappa shape index (κ1) is 17.2. The first-order valence-electron chi connectivity index (χ1n) is 9.66. The van der Waals surface area contributed by atoms with Crippen LogP contribution in [0.25, 0.3) is 0 Å². The summed E-state index contributed by atoms with van der Waals surface area (Å²) in [5, 5.41) is 0. The molecule has 1 aromatic heterocycles. The molecule has 0 amide bonds. The maximum absolute atomic E-state index is 4.55. The highest BCUT2D eigenvalue weighted by atomic mass is 14.7. The lowest BCUT2D eigenvalue weighted by Crippen LogP contribution is -2.16. The van der Waals surface area contributed by atoms with Crippen molar-refractivity contribution in [2.24, 2.45) is 11.8 Å². The Balaban J connectivity index is 1.36. The topological polar surface area (TPSA) is 12.9 Å². The minimum Gasteiger partial charge on any atom is -0.261 e. The molecule has 0 atom stereocenters. The van der Waals surface area contributed by atoms with Gasteiger partial charge in [0, 0.05) is 11.9 Å². The predicted octanol–water partition coefficient (Wildman–Crippen LogP) is 6.07. The van der Waals surface area contributed by atoms with E-state index < -0.39 is 0 Å². The van der Waals surface area contributed by atoms with Gasteiger partial charge in [0.2, 0.25) is 0 Å². The molecule has 1 nitrogen and oxygen atoms in total. The minimum atomic E-state index is 0.920. The third-order valence-corrected chi connectivity index (χ3v) is 5.71. The summed E-state index contributed by atoms with van der Waals surface area (Å²) >= 11 is 0. The van der Waals surface area contributed by atoms with Crippen LogP contribution in [0.5, 0.6) is 0 Å². The van der Waals surface area contributed by atoms with Crippen LogP contribution in [0.4, 0.5) is 0 Å². The third kappa shape index (κ3) is 5.19. The fourth-order valence-corrected chi connectivity index (χ4v) is 3.93. The second kappa shape index (κ2) is 8.46. The molecule has 24 heavy (non-hydrogen) atoms. The summed E-state index contributed by atoms with van der Waals surface area (Å²) in [5.41, 5.74) is 5.39. The molecule has 3 rings (SSSR count). The van der Waals surface area contributed by atoms with Gasteiger partial charge in [0.05, 0.1) is 0 Å². The Labute approximate surface area is 147 Å². The zero-order valence-electron chi connectivity index (χ0n) is 15.3. The molecular formula is C23H31N. The molecule has 2 aromatic rings. The molecule has 0 spiro atoms. The van der Waals surface area contributed by atoms with Gasteiger partial charge in [0.15, 0.2) is 0 Å². The van der Waals surface area contributed by atoms with Crippen LogP contribution in [0, 0.1) is 25.7 Å². The predicted molar refractivity (Wildman–Crippen MR) is 102 cm³/mol. The Morgan fingerprint density at radius 2 is 1.33 bits per heavy atom. The molecule has 0 aliphatic heterocycles. The molecule has 1 aliphatic rings. The van der Waals surface area contributed by atoms with Crippen LogP contribution in [0.3, 0.4) is 0 Å². The summed E-state index contributed by atoms with van der Waals surface area (Å²) < 4.78 is 0. The average Bonchev–Trinajstić information content (AvgIpc) is 2.62. The number of rotatable bonds is 6. The molecular weight excluding hydrogens is 290 g/mol. The van der Waals surface area contributed by atoms with E-state index in [0.29, 0.717) is 0 Å². The lowest BCUT2D eigenvalue weighted by molar-refractivity contribution is 0.253. The first-order chi connectivity index (χ1) is 11.7. The number of hydrogen-bond acceptors (Lipinski definition) is 1. The Morgan fingerprint density at radius 3 is 1.92 bits per heavy atom. The summed E-state index contributed by atoms with van der Waals surface area (Å²) in [6.07, 6.45) is 12.8. The molecule has 1 heteroatoms. The van der Waals surface area contributed by atoms with E-state index in [2.05, 4.69) is 55.2 Å². The van der Waals surface area contributed by atoms with E-state index in [1.54, 1.807) is 0 Å². The van der Waals surface area contributed by atoms with Crippen molar-refractivity contribution in [1.29, 1.82) is 0 Å². The highest BCUT2D eigenvalue weighted by Gasteiger charge is 2.20. The van der Waals surface area contributed by atoms with Crippen molar-refractivity contribution in [2.75, 3.05) is 0 Å². The van der Waals surface area contributed by atoms with E-state index in [1.807, 2.05) is 6.20 Å². The van der Waals surface area contributed by atoms with Crippen LogP contribution in [0.1, 0.15) is 60.9 Å². The minimum absolute atomic E-state index is 0.920. The maximum atomic E-state index is 4.55. The Kier molecular flexibility index (Phi) is 6.07. The van der Waals surface area contributed by atoms with Crippen LogP contribution in [0.2, 0.25) is 0 Å². The van der Waals surface area contributed by atoms with Gasteiger partial charge in [-0.3, -0.25) is 4.98 Å². The number of aryl methyl sites for hydroxylation is 4. The largest absolute Gasteiger partial charge is 0.261 e. The monoisotopic (exact) mass is 321 g/mol. The zero-order valence-corrected chi connectivity index (χ0v) is 15.3. The Morgan fingerprint density at radius 1 is 0.750 bits per heavy atom. The number of pyridine rings is 1. The van der Waals surface area contributed by atoms with E-state index in [4.69, 9.17) is 0 Å². The first-order valence-corrected chi connectivity index (χ1v) is 9.66. The van der Waals surface area contributed by atoms with Crippen molar-refractivity contribution < 1.29 is 0 Å². The van der Waals surface area contributed by atoms with Gasteiger partial charge in [0.25, 0.3) is 0 Å². The van der Waals surface area contributed by atoms with Crippen LogP contribution < -0.4 is 0 Å². The number of hydrogen-bond donors (Lipinski definition) is 0. The standard InChI is InChI=1S/C23H31N/c1-18-3-6-20(7-4-18)8-9-21-10-12-22(13-11-21)14-16-23-15-5-19(2)17-24-23/h3-7,15,17,21-22H,8-14,16H2,1-2H3. The highest BCUT2D eigenvalue weighted by molar-refractivity contribution is 5.21.